The van der Waals surface area contributed by atoms with Crippen LogP contribution in [-0.2, 0) is 17.8 Å². The van der Waals surface area contributed by atoms with E-state index >= 15 is 0 Å². The molecule has 3 heteroatoms. The minimum absolute atomic E-state index is 0.259. The van der Waals surface area contributed by atoms with E-state index in [1.807, 2.05) is 24.3 Å². The van der Waals surface area contributed by atoms with Crippen molar-refractivity contribution in [2.45, 2.75) is 51.6 Å². The van der Waals surface area contributed by atoms with Crippen LogP contribution in [-0.4, -0.2) is 23.4 Å². The molecule has 0 saturated heterocycles. The molecule has 1 aliphatic carbocycles. The molecule has 0 atom stereocenters. The Morgan fingerprint density at radius 2 is 1.79 bits per heavy atom. The molecule has 3 nitrogen and oxygen atoms in total. The van der Waals surface area contributed by atoms with E-state index in [9.17, 15) is 4.79 Å². The van der Waals surface area contributed by atoms with Crippen molar-refractivity contribution in [3.05, 3.63) is 35.4 Å². The Bertz CT molecular complexity index is 407. The van der Waals surface area contributed by atoms with E-state index in [1.54, 1.807) is 0 Å². The fraction of sp³-hybridized carbons (Fsp3) is 0.562. The molecular weight excluding hydrogens is 236 g/mol. The summed E-state index contributed by atoms with van der Waals surface area (Å²) >= 11 is 0. The van der Waals surface area contributed by atoms with Crippen molar-refractivity contribution in [2.75, 3.05) is 6.54 Å². The summed E-state index contributed by atoms with van der Waals surface area (Å²) in [6, 6.07) is 8.52. The predicted molar refractivity (Wildman–Crippen MR) is 77.7 cm³/mol. The SMILES string of the molecule is CCN(C(=O)Cc1ccc(CN)cc1)C1CCCC1. The fourth-order valence-electron chi connectivity index (χ4n) is 2.92. The van der Waals surface area contributed by atoms with E-state index in [0.29, 0.717) is 19.0 Å². The number of nitrogens with two attached hydrogens (primary N) is 1. The highest BCUT2D eigenvalue weighted by Crippen LogP contribution is 2.24. The van der Waals surface area contributed by atoms with E-state index in [-0.39, 0.29) is 5.91 Å². The number of likely N-dealkylation sites (N-methyl/N-ethyl adjacent to an activating group) is 1. The molecule has 1 aliphatic rings. The molecule has 1 amide bonds. The van der Waals surface area contributed by atoms with Crippen LogP contribution in [0.5, 0.6) is 0 Å². The molecule has 0 aliphatic heterocycles. The van der Waals surface area contributed by atoms with Crippen molar-refractivity contribution in [3.63, 3.8) is 0 Å². The van der Waals surface area contributed by atoms with Crippen LogP contribution < -0.4 is 5.73 Å². The highest BCUT2D eigenvalue weighted by atomic mass is 16.2. The molecule has 1 fully saturated rings. The van der Waals surface area contributed by atoms with Gasteiger partial charge in [-0.3, -0.25) is 4.79 Å². The van der Waals surface area contributed by atoms with Gasteiger partial charge < -0.3 is 10.6 Å². The fourth-order valence-corrected chi connectivity index (χ4v) is 2.92. The van der Waals surface area contributed by atoms with Gasteiger partial charge in [0.25, 0.3) is 0 Å². The Kier molecular flexibility index (Phi) is 4.97. The second kappa shape index (κ2) is 6.71. The maximum absolute atomic E-state index is 12.4. The third-order valence-electron chi connectivity index (χ3n) is 4.04. The van der Waals surface area contributed by atoms with Gasteiger partial charge in [-0.1, -0.05) is 37.1 Å². The Labute approximate surface area is 115 Å². The lowest BCUT2D eigenvalue weighted by Gasteiger charge is -2.27. The lowest BCUT2D eigenvalue weighted by atomic mass is 10.1. The number of carbonyl (C=O) groups excluding carboxylic acids is 1. The summed E-state index contributed by atoms with van der Waals surface area (Å²) in [7, 11) is 0. The largest absolute Gasteiger partial charge is 0.340 e. The number of nitrogens with zero attached hydrogens (tertiary/aromatic N) is 1. The number of hydrogen-bond acceptors (Lipinski definition) is 2. The van der Waals surface area contributed by atoms with Crippen LogP contribution in [0.2, 0.25) is 0 Å². The molecular formula is C16H24N2O. The second-order valence-corrected chi connectivity index (χ2v) is 5.32. The summed E-state index contributed by atoms with van der Waals surface area (Å²) in [6.07, 6.45) is 5.38. The van der Waals surface area contributed by atoms with Crippen LogP contribution in [0.4, 0.5) is 0 Å². The molecule has 104 valence electrons. The third kappa shape index (κ3) is 3.57. The summed E-state index contributed by atoms with van der Waals surface area (Å²) in [6.45, 7) is 3.45. The van der Waals surface area contributed by atoms with E-state index < -0.39 is 0 Å². The zero-order valence-electron chi connectivity index (χ0n) is 11.8. The van der Waals surface area contributed by atoms with Gasteiger partial charge in [0, 0.05) is 19.1 Å². The first-order chi connectivity index (χ1) is 9.24. The van der Waals surface area contributed by atoms with Crippen LogP contribution in [0, 0.1) is 0 Å². The van der Waals surface area contributed by atoms with Crippen molar-refractivity contribution in [1.29, 1.82) is 0 Å². The molecule has 0 spiro atoms. The van der Waals surface area contributed by atoms with Crippen molar-refractivity contribution in [3.8, 4) is 0 Å². The molecule has 19 heavy (non-hydrogen) atoms. The van der Waals surface area contributed by atoms with Crippen LogP contribution in [0.15, 0.2) is 24.3 Å². The van der Waals surface area contributed by atoms with Gasteiger partial charge in [-0.2, -0.15) is 0 Å². The quantitative estimate of drug-likeness (QED) is 0.884. The zero-order chi connectivity index (χ0) is 13.7. The van der Waals surface area contributed by atoms with Gasteiger partial charge in [-0.05, 0) is 30.9 Å². The minimum atomic E-state index is 0.259. The number of carbonyl (C=O) groups is 1. The Balaban J connectivity index is 1.97. The Morgan fingerprint density at radius 1 is 1.21 bits per heavy atom. The van der Waals surface area contributed by atoms with Crippen LogP contribution in [0.25, 0.3) is 0 Å². The molecule has 0 radical (unpaired) electrons. The van der Waals surface area contributed by atoms with Crippen LogP contribution in [0.3, 0.4) is 0 Å². The molecule has 1 aromatic rings. The predicted octanol–water partition coefficient (Wildman–Crippen LogP) is 2.48. The smallest absolute Gasteiger partial charge is 0.227 e. The average Bonchev–Trinajstić information content (AvgIpc) is 2.94. The first-order valence-electron chi connectivity index (χ1n) is 7.32. The van der Waals surface area contributed by atoms with Gasteiger partial charge >= 0.3 is 0 Å². The van der Waals surface area contributed by atoms with E-state index in [0.717, 1.165) is 17.7 Å². The van der Waals surface area contributed by atoms with E-state index in [4.69, 9.17) is 5.73 Å². The number of rotatable bonds is 5. The monoisotopic (exact) mass is 260 g/mol. The zero-order valence-corrected chi connectivity index (χ0v) is 11.8. The topological polar surface area (TPSA) is 46.3 Å². The molecule has 0 bridgehead atoms. The van der Waals surface area contributed by atoms with Gasteiger partial charge in [0.1, 0.15) is 0 Å². The average molecular weight is 260 g/mol. The lowest BCUT2D eigenvalue weighted by molar-refractivity contribution is -0.132. The highest BCUT2D eigenvalue weighted by Gasteiger charge is 2.25. The van der Waals surface area contributed by atoms with E-state index in [1.165, 1.54) is 25.7 Å². The van der Waals surface area contributed by atoms with Crippen LogP contribution >= 0.6 is 0 Å². The number of hydrogen-bond donors (Lipinski definition) is 1. The first kappa shape index (κ1) is 14.1. The van der Waals surface area contributed by atoms with Gasteiger partial charge in [0.15, 0.2) is 0 Å². The summed E-state index contributed by atoms with van der Waals surface area (Å²) in [5, 5.41) is 0. The summed E-state index contributed by atoms with van der Waals surface area (Å²) in [5.41, 5.74) is 7.77. The van der Waals surface area contributed by atoms with Gasteiger partial charge in [-0.15, -0.1) is 0 Å². The summed E-state index contributed by atoms with van der Waals surface area (Å²) in [5.74, 6) is 0.259. The summed E-state index contributed by atoms with van der Waals surface area (Å²) < 4.78 is 0. The molecule has 2 rings (SSSR count). The molecule has 1 saturated carbocycles. The van der Waals surface area contributed by atoms with Gasteiger partial charge in [0.2, 0.25) is 5.91 Å². The molecule has 1 aromatic carbocycles. The van der Waals surface area contributed by atoms with E-state index in [2.05, 4.69) is 11.8 Å². The summed E-state index contributed by atoms with van der Waals surface area (Å²) in [4.78, 5) is 14.4. The first-order valence-corrected chi connectivity index (χ1v) is 7.32. The van der Waals surface area contributed by atoms with Gasteiger partial charge in [-0.25, -0.2) is 0 Å². The van der Waals surface area contributed by atoms with Gasteiger partial charge in [0.05, 0.1) is 6.42 Å². The molecule has 0 heterocycles. The second-order valence-electron chi connectivity index (χ2n) is 5.32. The maximum atomic E-state index is 12.4. The molecule has 0 aromatic heterocycles. The van der Waals surface area contributed by atoms with Crippen molar-refractivity contribution < 1.29 is 4.79 Å². The van der Waals surface area contributed by atoms with Crippen molar-refractivity contribution in [2.24, 2.45) is 5.73 Å². The third-order valence-corrected chi connectivity index (χ3v) is 4.04. The van der Waals surface area contributed by atoms with Crippen LogP contribution in [0.1, 0.15) is 43.7 Å². The number of benzene rings is 1. The number of amides is 1. The Morgan fingerprint density at radius 3 is 2.32 bits per heavy atom. The van der Waals surface area contributed by atoms with Crippen molar-refractivity contribution in [1.82, 2.24) is 4.90 Å². The molecule has 0 unspecified atom stereocenters. The van der Waals surface area contributed by atoms with Crippen molar-refractivity contribution >= 4 is 5.91 Å². The standard InChI is InChI=1S/C16H24N2O/c1-2-18(15-5-3-4-6-15)16(19)11-13-7-9-14(12-17)10-8-13/h7-10,15H,2-6,11-12,17H2,1H3. The normalized spacial score (nSPS) is 15.7. The maximum Gasteiger partial charge on any atom is 0.227 e. The molecule has 2 N–H and O–H groups in total. The minimum Gasteiger partial charge on any atom is -0.340 e. The lowest BCUT2D eigenvalue weighted by Crippen LogP contribution is -2.39. The Hall–Kier alpha value is -1.35. The highest BCUT2D eigenvalue weighted by molar-refractivity contribution is 5.79.